The van der Waals surface area contributed by atoms with Gasteiger partial charge in [0.25, 0.3) is 0 Å². The molecule has 2 unspecified atom stereocenters. The number of ether oxygens (including phenoxy) is 2. The zero-order chi connectivity index (χ0) is 36.9. The summed E-state index contributed by atoms with van der Waals surface area (Å²) < 4.78 is 11.6. The highest BCUT2D eigenvalue weighted by Crippen LogP contribution is 2.37. The molecule has 1 aromatic heterocycles. The molecule has 0 bridgehead atoms. The highest BCUT2D eigenvalue weighted by molar-refractivity contribution is 7.10. The van der Waals surface area contributed by atoms with E-state index in [1.807, 2.05) is 0 Å². The number of hydrogen-bond acceptors (Lipinski definition) is 9. The molecule has 1 aromatic carbocycles. The standard InChI is InChI=1S/C38H52N4O8S/c1-23(41(5)37(48)50-38(2,3)4)33(44)40-31(24-12-7-6-8-13-24)35(45)42-19-11-18-30(42)34-39-29(22-51-34)32(43)25-14-9-16-27(20-25)49-28-17-10-15-26(21-28)36(46)47/h9,14,16,20,22-24,26,28,30-31H,6-8,10-13,15,17-19,21H2,1-5H3,(H,40,44)(H,46,47)/t23-,26?,28?,30-,31-/m0/s1. The molecule has 3 aliphatic rings. The fourth-order valence-corrected chi connectivity index (χ4v) is 8.27. The first-order valence-corrected chi connectivity index (χ1v) is 19.2. The number of carboxylic acids is 1. The summed E-state index contributed by atoms with van der Waals surface area (Å²) in [4.78, 5) is 73.5. The van der Waals surface area contributed by atoms with Gasteiger partial charge in [-0.05, 0) is 97.1 Å². The van der Waals surface area contributed by atoms with E-state index < -0.39 is 41.6 Å². The predicted octanol–water partition coefficient (Wildman–Crippen LogP) is 6.38. The van der Waals surface area contributed by atoms with Gasteiger partial charge in [-0.1, -0.05) is 31.4 Å². The van der Waals surface area contributed by atoms with Crippen LogP contribution in [0.25, 0.3) is 0 Å². The van der Waals surface area contributed by atoms with Gasteiger partial charge in [0.05, 0.1) is 18.1 Å². The van der Waals surface area contributed by atoms with Crippen LogP contribution in [-0.4, -0.2) is 86.9 Å². The maximum atomic E-state index is 14.4. The van der Waals surface area contributed by atoms with Gasteiger partial charge in [0.1, 0.15) is 34.1 Å². The Bertz CT molecular complexity index is 1580. The molecule has 1 aliphatic heterocycles. The Kier molecular flexibility index (Phi) is 12.4. The Morgan fingerprint density at radius 2 is 1.76 bits per heavy atom. The fraction of sp³-hybridized carbons (Fsp3) is 0.632. The van der Waals surface area contributed by atoms with Crippen LogP contribution in [0.15, 0.2) is 29.6 Å². The van der Waals surface area contributed by atoms with Gasteiger partial charge in [0.2, 0.25) is 17.6 Å². The van der Waals surface area contributed by atoms with Crippen molar-refractivity contribution in [3.8, 4) is 5.75 Å². The number of carboxylic acid groups (broad SMARTS) is 1. The first-order chi connectivity index (χ1) is 24.2. The van der Waals surface area contributed by atoms with Crippen LogP contribution < -0.4 is 10.1 Å². The number of thiazole rings is 1. The second-order valence-corrected chi connectivity index (χ2v) is 16.1. The van der Waals surface area contributed by atoms with Crippen molar-refractivity contribution in [3.63, 3.8) is 0 Å². The number of benzene rings is 1. The minimum atomic E-state index is -0.853. The van der Waals surface area contributed by atoms with Gasteiger partial charge in [-0.25, -0.2) is 9.78 Å². The highest BCUT2D eigenvalue weighted by Gasteiger charge is 2.41. The molecule has 0 radical (unpaired) electrons. The summed E-state index contributed by atoms with van der Waals surface area (Å²) in [6, 6.07) is 4.98. The molecule has 2 saturated carbocycles. The number of nitrogens with zero attached hydrogens (tertiary/aromatic N) is 3. The van der Waals surface area contributed by atoms with E-state index in [1.165, 1.54) is 23.3 Å². The number of rotatable bonds is 11. The summed E-state index contributed by atoms with van der Waals surface area (Å²) in [6.07, 6.45) is 7.95. The van der Waals surface area contributed by atoms with E-state index in [9.17, 15) is 29.1 Å². The predicted molar refractivity (Wildman–Crippen MR) is 192 cm³/mol. The maximum Gasteiger partial charge on any atom is 0.410 e. The normalized spacial score (nSPS) is 22.5. The number of aliphatic carboxylic acids is 1. The van der Waals surface area contributed by atoms with Crippen molar-refractivity contribution in [2.24, 2.45) is 11.8 Å². The lowest BCUT2D eigenvalue weighted by Crippen LogP contribution is -2.56. The molecular weight excluding hydrogens is 673 g/mol. The summed E-state index contributed by atoms with van der Waals surface area (Å²) in [5.41, 5.74) is -0.0129. The van der Waals surface area contributed by atoms with Gasteiger partial charge >= 0.3 is 12.1 Å². The first kappa shape index (κ1) is 38.2. The Morgan fingerprint density at radius 1 is 1.02 bits per heavy atom. The molecule has 1 saturated heterocycles. The summed E-state index contributed by atoms with van der Waals surface area (Å²) in [5.74, 6) is -1.58. The molecule has 0 spiro atoms. The summed E-state index contributed by atoms with van der Waals surface area (Å²) >= 11 is 1.35. The Hall–Kier alpha value is -4.00. The van der Waals surface area contributed by atoms with Gasteiger partial charge in [-0.2, -0.15) is 0 Å². The lowest BCUT2D eigenvalue weighted by Gasteiger charge is -2.36. The molecule has 13 heteroatoms. The largest absolute Gasteiger partial charge is 0.490 e. The zero-order valence-corrected chi connectivity index (χ0v) is 31.2. The monoisotopic (exact) mass is 724 g/mol. The molecule has 2 aromatic rings. The molecule has 3 amide bonds. The van der Waals surface area contributed by atoms with Crippen LogP contribution in [0.1, 0.15) is 125 Å². The minimum Gasteiger partial charge on any atom is -0.490 e. The quantitative estimate of drug-likeness (QED) is 0.251. The average molecular weight is 725 g/mol. The van der Waals surface area contributed by atoms with Crippen molar-refractivity contribution in [1.29, 1.82) is 0 Å². The molecule has 2 heterocycles. The fourth-order valence-electron chi connectivity index (χ4n) is 7.33. The van der Waals surface area contributed by atoms with Crippen LogP contribution in [0.2, 0.25) is 0 Å². The number of amides is 3. The Labute approximate surface area is 304 Å². The number of carbonyl (C=O) groups excluding carboxylic acids is 4. The lowest BCUT2D eigenvalue weighted by atomic mass is 9.83. The second-order valence-electron chi connectivity index (χ2n) is 15.2. The Morgan fingerprint density at radius 3 is 2.47 bits per heavy atom. The molecule has 12 nitrogen and oxygen atoms in total. The first-order valence-electron chi connectivity index (χ1n) is 18.3. The topological polar surface area (TPSA) is 155 Å². The molecule has 5 atom stereocenters. The van der Waals surface area contributed by atoms with E-state index >= 15 is 0 Å². The van der Waals surface area contributed by atoms with E-state index in [0.29, 0.717) is 42.1 Å². The molecule has 2 aliphatic carbocycles. The van der Waals surface area contributed by atoms with E-state index in [1.54, 1.807) is 62.2 Å². The van der Waals surface area contributed by atoms with Crippen LogP contribution in [0.3, 0.4) is 0 Å². The van der Waals surface area contributed by atoms with Crippen molar-refractivity contribution >= 4 is 41.0 Å². The third kappa shape index (κ3) is 9.66. The van der Waals surface area contributed by atoms with Crippen LogP contribution in [0.5, 0.6) is 5.75 Å². The smallest absolute Gasteiger partial charge is 0.410 e. The zero-order valence-electron chi connectivity index (χ0n) is 30.4. The number of aromatic nitrogens is 1. The van der Waals surface area contributed by atoms with Gasteiger partial charge in [-0.15, -0.1) is 11.3 Å². The summed E-state index contributed by atoms with van der Waals surface area (Å²) in [5, 5.41) is 14.9. The number of likely N-dealkylation sites (N-methyl/N-ethyl adjacent to an activating group) is 1. The number of likely N-dealkylation sites (tertiary alicyclic amines) is 1. The van der Waals surface area contributed by atoms with Crippen LogP contribution in [0.4, 0.5) is 4.79 Å². The van der Waals surface area contributed by atoms with Crippen molar-refractivity contribution in [2.75, 3.05) is 13.6 Å². The van der Waals surface area contributed by atoms with Crippen molar-refractivity contribution in [1.82, 2.24) is 20.1 Å². The van der Waals surface area contributed by atoms with Crippen molar-refractivity contribution in [3.05, 3.63) is 45.9 Å². The van der Waals surface area contributed by atoms with E-state index in [0.717, 1.165) is 51.4 Å². The van der Waals surface area contributed by atoms with E-state index in [4.69, 9.17) is 14.5 Å². The van der Waals surface area contributed by atoms with Gasteiger partial charge in [0, 0.05) is 24.5 Å². The Balaban J connectivity index is 1.28. The molecule has 5 rings (SSSR count). The highest BCUT2D eigenvalue weighted by atomic mass is 32.1. The minimum absolute atomic E-state index is 0.0259. The van der Waals surface area contributed by atoms with Gasteiger partial charge in [-0.3, -0.25) is 24.1 Å². The second kappa shape index (κ2) is 16.6. The van der Waals surface area contributed by atoms with Gasteiger partial charge < -0.3 is 24.8 Å². The molecular formula is C38H52N4O8S. The van der Waals surface area contributed by atoms with Crippen molar-refractivity contribution < 1.29 is 38.6 Å². The SMILES string of the molecule is C[C@@H](C(=O)N[C@H](C(=O)N1CCC[C@H]1c1nc(C(=O)c2cccc(OC3CCCC(C(=O)O)C3)c2)cs1)C1CCCCC1)N(C)C(=O)OC(C)(C)C. The van der Waals surface area contributed by atoms with Crippen LogP contribution in [-0.2, 0) is 19.1 Å². The van der Waals surface area contributed by atoms with Gasteiger partial charge in [0.15, 0.2) is 0 Å². The third-order valence-electron chi connectivity index (χ3n) is 10.3. The molecule has 51 heavy (non-hydrogen) atoms. The number of nitrogens with one attached hydrogen (secondary N) is 1. The van der Waals surface area contributed by atoms with Crippen LogP contribution >= 0.6 is 11.3 Å². The molecule has 3 fully saturated rings. The molecule has 278 valence electrons. The lowest BCUT2D eigenvalue weighted by molar-refractivity contribution is -0.144. The average Bonchev–Trinajstić information content (AvgIpc) is 3.80. The maximum absolute atomic E-state index is 14.4. The molecule has 2 N–H and O–H groups in total. The van der Waals surface area contributed by atoms with E-state index in [2.05, 4.69) is 5.32 Å². The number of hydrogen-bond donors (Lipinski definition) is 2. The van der Waals surface area contributed by atoms with Crippen molar-refractivity contribution in [2.45, 2.75) is 128 Å². The summed E-state index contributed by atoms with van der Waals surface area (Å²) in [6.45, 7) is 7.44. The van der Waals surface area contributed by atoms with Crippen LogP contribution in [0, 0.1) is 11.8 Å². The third-order valence-corrected chi connectivity index (χ3v) is 11.2. The number of carbonyl (C=O) groups is 5. The number of ketones is 1. The van der Waals surface area contributed by atoms with E-state index in [-0.39, 0.29) is 35.4 Å². The summed E-state index contributed by atoms with van der Waals surface area (Å²) in [7, 11) is 1.52.